The Balaban J connectivity index is 1.68. The van der Waals surface area contributed by atoms with Crippen molar-refractivity contribution in [3.05, 3.63) is 53.6 Å². The number of hydrogen-bond acceptors (Lipinski definition) is 5. The molecule has 0 aromatic heterocycles. The first kappa shape index (κ1) is 24.3. The molecule has 1 aliphatic rings. The number of amides is 2. The number of benzene rings is 2. The predicted molar refractivity (Wildman–Crippen MR) is 127 cm³/mol. The van der Waals surface area contributed by atoms with Crippen LogP contribution in [0.3, 0.4) is 0 Å². The zero-order valence-electron chi connectivity index (χ0n) is 19.8. The van der Waals surface area contributed by atoms with Crippen molar-refractivity contribution in [3.8, 4) is 11.5 Å². The smallest absolute Gasteiger partial charge is 0.265 e. The van der Waals surface area contributed by atoms with Crippen LogP contribution in [0.1, 0.15) is 55.5 Å². The maximum absolute atomic E-state index is 12.8. The summed E-state index contributed by atoms with van der Waals surface area (Å²) in [4.78, 5) is 40.6. The average Bonchev–Trinajstić information content (AvgIpc) is 2.83. The van der Waals surface area contributed by atoms with Gasteiger partial charge in [-0.15, -0.1) is 0 Å². The summed E-state index contributed by atoms with van der Waals surface area (Å²) in [5, 5.41) is 0. The van der Waals surface area contributed by atoms with E-state index in [9.17, 15) is 14.4 Å². The molecule has 0 saturated carbocycles. The molecular weight excluding hydrogens is 420 g/mol. The van der Waals surface area contributed by atoms with Crippen LogP contribution in [0, 0.1) is 0 Å². The second-order valence-electron chi connectivity index (χ2n) is 8.47. The monoisotopic (exact) mass is 452 g/mol. The minimum Gasteiger partial charge on any atom is -0.485 e. The molecule has 0 N–H and O–H groups in total. The summed E-state index contributed by atoms with van der Waals surface area (Å²) < 4.78 is 11.3. The summed E-state index contributed by atoms with van der Waals surface area (Å²) in [6.45, 7) is 6.99. The van der Waals surface area contributed by atoms with E-state index in [0.717, 1.165) is 5.56 Å². The zero-order chi connectivity index (χ0) is 24.0. The van der Waals surface area contributed by atoms with Gasteiger partial charge in [0.1, 0.15) is 11.5 Å². The van der Waals surface area contributed by atoms with Crippen molar-refractivity contribution < 1.29 is 23.9 Å². The normalized spacial score (nSPS) is 12.9. The molecule has 1 heterocycles. The second-order valence-corrected chi connectivity index (χ2v) is 8.47. The SMILES string of the molecule is CCN(C)C(=O)CCCN1C(=O)COc2ccc(C(=O)COc3cccc(C(C)C)c3)cc21. The van der Waals surface area contributed by atoms with Crippen molar-refractivity contribution in [1.29, 1.82) is 0 Å². The molecular formula is C26H32N2O5. The van der Waals surface area contributed by atoms with Gasteiger partial charge in [0.05, 0.1) is 5.69 Å². The van der Waals surface area contributed by atoms with Crippen LogP contribution in [0.25, 0.3) is 0 Å². The van der Waals surface area contributed by atoms with Crippen LogP contribution in [0.15, 0.2) is 42.5 Å². The summed E-state index contributed by atoms with van der Waals surface area (Å²) in [5.41, 5.74) is 2.14. The highest BCUT2D eigenvalue weighted by molar-refractivity contribution is 6.02. The Hall–Kier alpha value is -3.35. The molecule has 0 aliphatic carbocycles. The van der Waals surface area contributed by atoms with Crippen molar-refractivity contribution in [2.75, 3.05) is 38.3 Å². The van der Waals surface area contributed by atoms with Gasteiger partial charge in [-0.05, 0) is 55.2 Å². The average molecular weight is 453 g/mol. The fourth-order valence-corrected chi connectivity index (χ4v) is 3.57. The highest BCUT2D eigenvalue weighted by atomic mass is 16.5. The topological polar surface area (TPSA) is 76.2 Å². The van der Waals surface area contributed by atoms with Crippen molar-refractivity contribution in [3.63, 3.8) is 0 Å². The first-order chi connectivity index (χ1) is 15.8. The molecule has 0 unspecified atom stereocenters. The van der Waals surface area contributed by atoms with E-state index in [1.165, 1.54) is 0 Å². The molecule has 33 heavy (non-hydrogen) atoms. The van der Waals surface area contributed by atoms with Gasteiger partial charge in [0.15, 0.2) is 19.0 Å². The lowest BCUT2D eigenvalue weighted by molar-refractivity contribution is -0.130. The molecule has 0 radical (unpaired) electrons. The van der Waals surface area contributed by atoms with Crippen LogP contribution in [0.5, 0.6) is 11.5 Å². The van der Waals surface area contributed by atoms with Gasteiger partial charge in [-0.1, -0.05) is 26.0 Å². The second kappa shape index (κ2) is 11.0. The standard InChI is InChI=1S/C26H32N2O5/c1-5-27(4)25(30)10-7-13-28-22-15-20(11-12-24(22)33-17-26(28)31)23(29)16-32-21-9-6-8-19(14-21)18(2)3/h6,8-9,11-12,14-15,18H,5,7,10,13,16-17H2,1-4H3. The molecule has 2 aromatic rings. The molecule has 176 valence electrons. The Labute approximate surface area is 195 Å². The van der Waals surface area contributed by atoms with Crippen molar-refractivity contribution in [2.45, 2.75) is 39.5 Å². The van der Waals surface area contributed by atoms with Gasteiger partial charge < -0.3 is 19.3 Å². The molecule has 0 atom stereocenters. The number of ether oxygens (including phenoxy) is 2. The van der Waals surface area contributed by atoms with E-state index < -0.39 is 0 Å². The zero-order valence-corrected chi connectivity index (χ0v) is 19.8. The Morgan fingerprint density at radius 3 is 2.70 bits per heavy atom. The third kappa shape index (κ3) is 6.12. The minimum atomic E-state index is -0.190. The lowest BCUT2D eigenvalue weighted by Gasteiger charge is -2.30. The number of nitrogens with zero attached hydrogens (tertiary/aromatic N) is 2. The fraction of sp³-hybridized carbons (Fsp3) is 0.423. The van der Waals surface area contributed by atoms with E-state index in [0.29, 0.717) is 54.6 Å². The number of carbonyl (C=O) groups is 3. The van der Waals surface area contributed by atoms with E-state index in [-0.39, 0.29) is 30.8 Å². The highest BCUT2D eigenvalue weighted by Gasteiger charge is 2.26. The van der Waals surface area contributed by atoms with E-state index in [1.54, 1.807) is 35.0 Å². The third-order valence-corrected chi connectivity index (χ3v) is 5.79. The maximum atomic E-state index is 12.8. The Bertz CT molecular complexity index is 1020. The number of carbonyl (C=O) groups excluding carboxylic acids is 3. The van der Waals surface area contributed by atoms with Crippen LogP contribution in [-0.2, 0) is 9.59 Å². The predicted octanol–water partition coefficient (Wildman–Crippen LogP) is 4.06. The number of hydrogen-bond donors (Lipinski definition) is 0. The van der Waals surface area contributed by atoms with Gasteiger partial charge in [0, 0.05) is 32.1 Å². The Morgan fingerprint density at radius 1 is 1.18 bits per heavy atom. The molecule has 0 fully saturated rings. The molecule has 0 bridgehead atoms. The summed E-state index contributed by atoms with van der Waals surface area (Å²) in [5.74, 6) is 1.23. The first-order valence-electron chi connectivity index (χ1n) is 11.4. The van der Waals surface area contributed by atoms with Crippen LogP contribution < -0.4 is 14.4 Å². The molecule has 1 aliphatic heterocycles. The number of fused-ring (bicyclic) bond motifs is 1. The summed E-state index contributed by atoms with van der Waals surface area (Å²) in [7, 11) is 1.76. The molecule has 7 heteroatoms. The van der Waals surface area contributed by atoms with E-state index in [4.69, 9.17) is 9.47 Å². The van der Waals surface area contributed by atoms with Gasteiger partial charge in [-0.3, -0.25) is 14.4 Å². The molecule has 7 nitrogen and oxygen atoms in total. The number of Topliss-reactive ketones (excluding diaryl/α,β-unsaturated/α-hetero) is 1. The third-order valence-electron chi connectivity index (χ3n) is 5.79. The lowest BCUT2D eigenvalue weighted by atomic mass is 10.0. The van der Waals surface area contributed by atoms with Crippen molar-refractivity contribution >= 4 is 23.3 Å². The van der Waals surface area contributed by atoms with Gasteiger partial charge in [0.2, 0.25) is 5.91 Å². The number of rotatable bonds is 10. The molecule has 0 saturated heterocycles. The van der Waals surface area contributed by atoms with E-state index in [1.807, 2.05) is 31.2 Å². The number of anilines is 1. The summed E-state index contributed by atoms with van der Waals surface area (Å²) in [6, 6.07) is 12.8. The van der Waals surface area contributed by atoms with Crippen molar-refractivity contribution in [2.24, 2.45) is 0 Å². The van der Waals surface area contributed by atoms with Gasteiger partial charge >= 0.3 is 0 Å². The minimum absolute atomic E-state index is 0.0426. The molecule has 2 aromatic carbocycles. The summed E-state index contributed by atoms with van der Waals surface area (Å²) >= 11 is 0. The molecule has 0 spiro atoms. The van der Waals surface area contributed by atoms with Crippen LogP contribution >= 0.6 is 0 Å². The van der Waals surface area contributed by atoms with Gasteiger partial charge in [-0.2, -0.15) is 0 Å². The van der Waals surface area contributed by atoms with Crippen LogP contribution in [-0.4, -0.2) is 55.8 Å². The van der Waals surface area contributed by atoms with E-state index >= 15 is 0 Å². The number of ketones is 1. The van der Waals surface area contributed by atoms with Crippen LogP contribution in [0.4, 0.5) is 5.69 Å². The van der Waals surface area contributed by atoms with E-state index in [2.05, 4.69) is 13.8 Å². The quantitative estimate of drug-likeness (QED) is 0.508. The first-order valence-corrected chi connectivity index (χ1v) is 11.4. The fourth-order valence-electron chi connectivity index (χ4n) is 3.57. The van der Waals surface area contributed by atoms with Gasteiger partial charge in [-0.25, -0.2) is 0 Å². The van der Waals surface area contributed by atoms with Gasteiger partial charge in [0.25, 0.3) is 5.91 Å². The Kier molecular flexibility index (Phi) is 8.09. The molecule has 3 rings (SSSR count). The largest absolute Gasteiger partial charge is 0.485 e. The summed E-state index contributed by atoms with van der Waals surface area (Å²) in [6.07, 6.45) is 0.883. The lowest BCUT2D eigenvalue weighted by Crippen LogP contribution is -2.40. The Morgan fingerprint density at radius 2 is 1.97 bits per heavy atom. The molecule has 2 amide bonds. The van der Waals surface area contributed by atoms with Crippen LogP contribution in [0.2, 0.25) is 0 Å². The highest BCUT2D eigenvalue weighted by Crippen LogP contribution is 2.33. The van der Waals surface area contributed by atoms with Crippen molar-refractivity contribution in [1.82, 2.24) is 4.90 Å². The maximum Gasteiger partial charge on any atom is 0.265 e.